The molecule has 0 saturated carbocycles. The highest BCUT2D eigenvalue weighted by Crippen LogP contribution is 2.42. The summed E-state index contributed by atoms with van der Waals surface area (Å²) in [5.41, 5.74) is 1.34. The molecule has 1 aliphatic rings. The lowest BCUT2D eigenvalue weighted by molar-refractivity contribution is -0.136. The zero-order valence-corrected chi connectivity index (χ0v) is 17.6. The fraction of sp³-hybridized carbons (Fsp3) is 0.263. The van der Waals surface area contributed by atoms with Crippen LogP contribution in [0, 0.1) is 18.3 Å². The number of anilines is 1. The summed E-state index contributed by atoms with van der Waals surface area (Å²) in [5, 5.41) is 21.7. The number of hydrogen-bond acceptors (Lipinski definition) is 9. The first-order valence-electron chi connectivity index (χ1n) is 8.54. The van der Waals surface area contributed by atoms with Gasteiger partial charge in [0.15, 0.2) is 5.82 Å². The number of thiophene rings is 1. The number of nitrogens with zero attached hydrogens (tertiary/aromatic N) is 2. The lowest BCUT2D eigenvalue weighted by atomic mass is 9.87. The number of hydrogen-bond donors (Lipinski definition) is 2. The Balaban J connectivity index is 1.84. The van der Waals surface area contributed by atoms with Crippen molar-refractivity contribution in [3.05, 3.63) is 56.1 Å². The summed E-state index contributed by atoms with van der Waals surface area (Å²) in [4.78, 5) is 25.5. The Morgan fingerprint density at radius 3 is 2.86 bits per heavy atom. The number of nitriles is 1. The van der Waals surface area contributed by atoms with Crippen LogP contribution in [0.5, 0.6) is 0 Å². The molecule has 2 aromatic rings. The van der Waals surface area contributed by atoms with Crippen LogP contribution in [0.2, 0.25) is 0 Å². The lowest BCUT2D eigenvalue weighted by Gasteiger charge is -2.28. The number of dihydropyridines is 1. The molecule has 0 aliphatic carbocycles. The number of ether oxygens (including phenoxy) is 1. The number of carbonyl (C=O) groups excluding carboxylic acids is 2. The molecular formula is C19H18N4O4S2. The van der Waals surface area contributed by atoms with Crippen molar-refractivity contribution in [2.45, 2.75) is 19.8 Å². The Morgan fingerprint density at radius 2 is 2.28 bits per heavy atom. The average Bonchev–Trinajstić information content (AvgIpc) is 3.37. The van der Waals surface area contributed by atoms with Crippen LogP contribution in [-0.4, -0.2) is 29.9 Å². The van der Waals surface area contributed by atoms with Gasteiger partial charge in [0.05, 0.1) is 41.0 Å². The molecule has 0 saturated heterocycles. The minimum absolute atomic E-state index is 0.0530. The van der Waals surface area contributed by atoms with E-state index < -0.39 is 11.9 Å². The molecular weight excluding hydrogens is 412 g/mol. The normalized spacial score (nSPS) is 16.3. The zero-order valence-electron chi connectivity index (χ0n) is 15.9. The molecule has 3 rings (SSSR count). The van der Waals surface area contributed by atoms with Crippen molar-refractivity contribution in [2.24, 2.45) is 0 Å². The van der Waals surface area contributed by atoms with E-state index in [0.29, 0.717) is 33.5 Å². The maximum Gasteiger partial charge on any atom is 0.336 e. The van der Waals surface area contributed by atoms with E-state index in [1.807, 2.05) is 17.5 Å². The number of allylic oxidation sites excluding steroid dienone is 2. The number of esters is 1. The first-order chi connectivity index (χ1) is 13.9. The summed E-state index contributed by atoms with van der Waals surface area (Å²) in [6, 6.07) is 7.55. The molecule has 150 valence electrons. The van der Waals surface area contributed by atoms with Crippen molar-refractivity contribution in [2.75, 3.05) is 18.2 Å². The highest BCUT2D eigenvalue weighted by molar-refractivity contribution is 8.03. The van der Waals surface area contributed by atoms with E-state index in [1.165, 1.54) is 30.2 Å². The summed E-state index contributed by atoms with van der Waals surface area (Å²) < 4.78 is 9.86. The molecule has 2 N–H and O–H groups in total. The molecule has 8 nitrogen and oxygen atoms in total. The number of nitrogens with one attached hydrogen (secondary N) is 2. The summed E-state index contributed by atoms with van der Waals surface area (Å²) in [5.74, 6) is -0.354. The number of thioether (sulfide) groups is 1. The molecule has 1 atom stereocenters. The van der Waals surface area contributed by atoms with Crippen molar-refractivity contribution in [3.8, 4) is 6.07 Å². The predicted molar refractivity (Wildman–Crippen MR) is 110 cm³/mol. The fourth-order valence-corrected chi connectivity index (χ4v) is 4.62. The Hall–Kier alpha value is -3.03. The largest absolute Gasteiger partial charge is 0.466 e. The highest BCUT2D eigenvalue weighted by atomic mass is 32.2. The third-order valence-electron chi connectivity index (χ3n) is 4.12. The third kappa shape index (κ3) is 4.52. The van der Waals surface area contributed by atoms with E-state index in [0.717, 1.165) is 4.88 Å². The number of methoxy groups -OCH3 is 1. The van der Waals surface area contributed by atoms with Crippen molar-refractivity contribution in [1.29, 1.82) is 5.26 Å². The Labute approximate surface area is 175 Å². The highest BCUT2D eigenvalue weighted by Gasteiger charge is 2.35. The van der Waals surface area contributed by atoms with Crippen LogP contribution in [0.25, 0.3) is 0 Å². The maximum atomic E-state index is 12.4. The van der Waals surface area contributed by atoms with Crippen LogP contribution in [0.3, 0.4) is 0 Å². The molecule has 10 heteroatoms. The fourth-order valence-electron chi connectivity index (χ4n) is 2.89. The van der Waals surface area contributed by atoms with Crippen molar-refractivity contribution < 1.29 is 18.8 Å². The van der Waals surface area contributed by atoms with Crippen molar-refractivity contribution >= 4 is 40.8 Å². The number of rotatable bonds is 6. The molecule has 2 aromatic heterocycles. The minimum atomic E-state index is -0.544. The van der Waals surface area contributed by atoms with Gasteiger partial charge >= 0.3 is 5.97 Å². The van der Waals surface area contributed by atoms with Gasteiger partial charge in [-0.25, -0.2) is 4.79 Å². The summed E-state index contributed by atoms with van der Waals surface area (Å²) in [6.45, 7) is 3.48. The molecule has 0 bridgehead atoms. The average molecular weight is 431 g/mol. The smallest absolute Gasteiger partial charge is 0.336 e. The Bertz CT molecular complexity index is 1030. The van der Waals surface area contributed by atoms with Gasteiger partial charge in [-0.15, -0.1) is 11.3 Å². The SMILES string of the molecule is COC(=O)C1=C(C)NC(SCC(=O)Nc2cc(C)on2)=C(C#N)[C@@H]1c1cccs1. The molecule has 1 aliphatic heterocycles. The molecule has 0 spiro atoms. The Kier molecular flexibility index (Phi) is 6.41. The molecule has 29 heavy (non-hydrogen) atoms. The summed E-state index contributed by atoms with van der Waals surface area (Å²) in [6.07, 6.45) is 0. The van der Waals surface area contributed by atoms with Gasteiger partial charge in [0.1, 0.15) is 5.76 Å². The molecule has 0 unspecified atom stereocenters. The van der Waals surface area contributed by atoms with E-state index in [1.54, 1.807) is 19.9 Å². The van der Waals surface area contributed by atoms with E-state index in [-0.39, 0.29) is 11.7 Å². The second-order valence-electron chi connectivity index (χ2n) is 6.12. The number of aryl methyl sites for hydroxylation is 1. The number of carbonyl (C=O) groups is 2. The van der Waals surface area contributed by atoms with E-state index >= 15 is 0 Å². The van der Waals surface area contributed by atoms with Gasteiger partial charge in [0.2, 0.25) is 5.91 Å². The van der Waals surface area contributed by atoms with Crippen LogP contribution >= 0.6 is 23.1 Å². The molecule has 3 heterocycles. The van der Waals surface area contributed by atoms with Gasteiger partial charge in [-0.05, 0) is 25.3 Å². The molecule has 0 aromatic carbocycles. The van der Waals surface area contributed by atoms with Crippen LogP contribution < -0.4 is 10.6 Å². The quantitative estimate of drug-likeness (QED) is 0.671. The lowest BCUT2D eigenvalue weighted by Crippen LogP contribution is -2.28. The van der Waals surface area contributed by atoms with Crippen LogP contribution in [0.1, 0.15) is 23.5 Å². The second-order valence-corrected chi connectivity index (χ2v) is 8.08. The minimum Gasteiger partial charge on any atom is -0.466 e. The first kappa shape index (κ1) is 20.7. The maximum absolute atomic E-state index is 12.4. The van der Waals surface area contributed by atoms with Crippen molar-refractivity contribution in [1.82, 2.24) is 10.5 Å². The zero-order chi connectivity index (χ0) is 21.0. The van der Waals surface area contributed by atoms with E-state index in [9.17, 15) is 14.9 Å². The number of aromatic nitrogens is 1. The number of amides is 1. The van der Waals surface area contributed by atoms with Gasteiger partial charge in [-0.3, -0.25) is 4.79 Å². The van der Waals surface area contributed by atoms with Crippen LogP contribution in [-0.2, 0) is 14.3 Å². The van der Waals surface area contributed by atoms with Gasteiger partial charge < -0.3 is 19.9 Å². The van der Waals surface area contributed by atoms with Gasteiger partial charge in [-0.2, -0.15) is 5.26 Å². The van der Waals surface area contributed by atoms with Gasteiger partial charge in [0.25, 0.3) is 0 Å². The van der Waals surface area contributed by atoms with Crippen molar-refractivity contribution in [3.63, 3.8) is 0 Å². The van der Waals surface area contributed by atoms with Gasteiger partial charge in [0, 0.05) is 16.6 Å². The third-order valence-corrected chi connectivity index (χ3v) is 6.08. The molecule has 0 fully saturated rings. The van der Waals surface area contributed by atoms with E-state index in [4.69, 9.17) is 9.26 Å². The monoisotopic (exact) mass is 430 g/mol. The molecule has 0 radical (unpaired) electrons. The van der Waals surface area contributed by atoms with Crippen LogP contribution in [0.15, 0.2) is 50.0 Å². The molecule has 1 amide bonds. The predicted octanol–water partition coefficient (Wildman–Crippen LogP) is 3.29. The van der Waals surface area contributed by atoms with Crippen LogP contribution in [0.4, 0.5) is 5.82 Å². The second kappa shape index (κ2) is 8.98. The summed E-state index contributed by atoms with van der Waals surface area (Å²) in [7, 11) is 1.31. The Morgan fingerprint density at radius 1 is 1.48 bits per heavy atom. The topological polar surface area (TPSA) is 117 Å². The van der Waals surface area contributed by atoms with Gasteiger partial charge in [-0.1, -0.05) is 23.0 Å². The first-order valence-corrected chi connectivity index (χ1v) is 10.4. The van der Waals surface area contributed by atoms with E-state index in [2.05, 4.69) is 21.9 Å². The summed E-state index contributed by atoms with van der Waals surface area (Å²) >= 11 is 2.63. The standard InChI is InChI=1S/C19H18N4O4S2/c1-10-7-14(23-27-10)22-15(24)9-29-18-12(8-20)17(13-5-4-6-28-13)16(11(2)21-18)19(25)26-3/h4-7,17,21H,9H2,1-3H3,(H,22,23,24)/t17-/m1/s1.